The van der Waals surface area contributed by atoms with Crippen LogP contribution in [0.4, 0.5) is 11.6 Å². The molecule has 0 aromatic carbocycles. The number of halogens is 2. The van der Waals surface area contributed by atoms with Crippen LogP contribution >= 0.6 is 35.6 Å². The van der Waals surface area contributed by atoms with Crippen molar-refractivity contribution < 1.29 is 0 Å². The second-order valence-electron chi connectivity index (χ2n) is 6.73. The van der Waals surface area contributed by atoms with Gasteiger partial charge in [0, 0.05) is 59.2 Å². The number of anilines is 2. The second-order valence-corrected chi connectivity index (χ2v) is 7.14. The van der Waals surface area contributed by atoms with Crippen LogP contribution in [-0.4, -0.2) is 56.2 Å². The van der Waals surface area contributed by atoms with E-state index in [-0.39, 0.29) is 24.0 Å². The summed E-state index contributed by atoms with van der Waals surface area (Å²) in [6.07, 6.45) is 4.67. The van der Waals surface area contributed by atoms with Crippen LogP contribution < -0.4 is 20.4 Å². The summed E-state index contributed by atoms with van der Waals surface area (Å²) in [7, 11) is 5.75. The Morgan fingerprint density at radius 2 is 2.14 bits per heavy atom. The van der Waals surface area contributed by atoms with Gasteiger partial charge in [-0.15, -0.1) is 24.0 Å². The lowest BCUT2D eigenvalue weighted by molar-refractivity contribution is 0.648. The maximum Gasteiger partial charge on any atom is 0.191 e. The topological polar surface area (TPSA) is 68.7 Å². The summed E-state index contributed by atoms with van der Waals surface area (Å²) in [6.45, 7) is 2.43. The minimum absolute atomic E-state index is 0. The molecule has 28 heavy (non-hydrogen) atoms. The van der Waals surface area contributed by atoms with Gasteiger partial charge in [-0.3, -0.25) is 4.99 Å². The van der Waals surface area contributed by atoms with Gasteiger partial charge in [0.15, 0.2) is 5.96 Å². The molecule has 1 saturated heterocycles. The number of guanidine groups is 1. The van der Waals surface area contributed by atoms with Gasteiger partial charge in [-0.2, -0.15) is 0 Å². The van der Waals surface area contributed by atoms with Crippen molar-refractivity contribution in [3.05, 3.63) is 47.2 Å². The Hall–Kier alpha value is -1.81. The molecule has 1 aliphatic heterocycles. The van der Waals surface area contributed by atoms with E-state index in [0.717, 1.165) is 42.7 Å². The molecule has 2 aromatic heterocycles. The van der Waals surface area contributed by atoms with E-state index in [4.69, 9.17) is 11.6 Å². The molecular formula is C19H27ClIN7. The molecule has 152 valence electrons. The fraction of sp³-hybridized carbons (Fsp3) is 0.421. The summed E-state index contributed by atoms with van der Waals surface area (Å²) in [5.74, 6) is 2.57. The van der Waals surface area contributed by atoms with Gasteiger partial charge in [-0.05, 0) is 30.2 Å². The van der Waals surface area contributed by atoms with Gasteiger partial charge in [-0.1, -0.05) is 17.7 Å². The van der Waals surface area contributed by atoms with E-state index in [1.165, 1.54) is 0 Å². The summed E-state index contributed by atoms with van der Waals surface area (Å²) >= 11 is 6.26. The van der Waals surface area contributed by atoms with Crippen LogP contribution in [0, 0.1) is 0 Å². The van der Waals surface area contributed by atoms with E-state index >= 15 is 0 Å². The first kappa shape index (κ1) is 22.5. The van der Waals surface area contributed by atoms with Gasteiger partial charge < -0.3 is 20.4 Å². The van der Waals surface area contributed by atoms with E-state index in [2.05, 4.69) is 36.6 Å². The summed E-state index contributed by atoms with van der Waals surface area (Å²) in [5.41, 5.74) is 1.11. The lowest BCUT2D eigenvalue weighted by Crippen LogP contribution is -2.44. The standard InChI is InChI=1S/C19H26ClN7.HI/c1-21-19(24-12-14-6-7-17(23-11-14)26(2)3)25-15-8-10-27(13-15)18-16(20)5-4-9-22-18;/h4-7,9,11,15H,8,10,12-13H2,1-3H3,(H2,21,24,25);1H. The Labute approximate surface area is 188 Å². The number of rotatable bonds is 5. The number of nitrogens with zero attached hydrogens (tertiary/aromatic N) is 5. The van der Waals surface area contributed by atoms with Crippen molar-refractivity contribution in [1.82, 2.24) is 20.6 Å². The zero-order chi connectivity index (χ0) is 19.2. The zero-order valence-electron chi connectivity index (χ0n) is 16.4. The molecule has 0 bridgehead atoms. The lowest BCUT2D eigenvalue weighted by Gasteiger charge is -2.20. The molecular weight excluding hydrogens is 489 g/mol. The van der Waals surface area contributed by atoms with E-state index < -0.39 is 0 Å². The predicted molar refractivity (Wildman–Crippen MR) is 127 cm³/mol. The maximum absolute atomic E-state index is 6.26. The molecule has 3 heterocycles. The lowest BCUT2D eigenvalue weighted by atomic mass is 10.2. The maximum atomic E-state index is 6.26. The molecule has 1 aliphatic rings. The second kappa shape index (κ2) is 10.7. The highest BCUT2D eigenvalue weighted by Crippen LogP contribution is 2.25. The molecule has 2 N–H and O–H groups in total. The predicted octanol–water partition coefficient (Wildman–Crippen LogP) is 2.76. The first-order chi connectivity index (χ1) is 13.1. The number of nitrogens with one attached hydrogen (secondary N) is 2. The number of hydrogen-bond donors (Lipinski definition) is 2. The highest BCUT2D eigenvalue weighted by molar-refractivity contribution is 14.0. The molecule has 0 saturated carbocycles. The van der Waals surface area contributed by atoms with Crippen molar-refractivity contribution in [2.45, 2.75) is 19.0 Å². The monoisotopic (exact) mass is 515 g/mol. The molecule has 0 aliphatic carbocycles. The highest BCUT2D eigenvalue weighted by Gasteiger charge is 2.25. The number of aromatic nitrogens is 2. The Balaban J connectivity index is 0.00000280. The van der Waals surface area contributed by atoms with Crippen LogP contribution in [-0.2, 0) is 6.54 Å². The summed E-state index contributed by atoms with van der Waals surface area (Å²) in [6, 6.07) is 8.11. The fourth-order valence-corrected chi connectivity index (χ4v) is 3.28. The van der Waals surface area contributed by atoms with Crippen LogP contribution in [0.25, 0.3) is 0 Å². The van der Waals surface area contributed by atoms with Crippen LogP contribution in [0.1, 0.15) is 12.0 Å². The quantitative estimate of drug-likeness (QED) is 0.363. The van der Waals surface area contributed by atoms with E-state index in [1.807, 2.05) is 43.4 Å². The molecule has 9 heteroatoms. The molecule has 0 amide bonds. The summed E-state index contributed by atoms with van der Waals surface area (Å²) in [4.78, 5) is 17.4. The van der Waals surface area contributed by atoms with Crippen LogP contribution in [0.2, 0.25) is 5.02 Å². The largest absolute Gasteiger partial charge is 0.363 e. The van der Waals surface area contributed by atoms with Crippen molar-refractivity contribution >= 4 is 53.2 Å². The number of aliphatic imine (C=N–C) groups is 1. The SMILES string of the molecule is CN=C(NCc1ccc(N(C)C)nc1)NC1CCN(c2ncccc2Cl)C1.I. The van der Waals surface area contributed by atoms with Gasteiger partial charge in [0.2, 0.25) is 0 Å². The molecule has 1 atom stereocenters. The minimum Gasteiger partial charge on any atom is -0.363 e. The van der Waals surface area contributed by atoms with Gasteiger partial charge in [0.05, 0.1) is 5.02 Å². The Morgan fingerprint density at radius 3 is 2.79 bits per heavy atom. The van der Waals surface area contributed by atoms with Gasteiger partial charge in [0.1, 0.15) is 11.6 Å². The Morgan fingerprint density at radius 1 is 1.32 bits per heavy atom. The highest BCUT2D eigenvalue weighted by atomic mass is 127. The van der Waals surface area contributed by atoms with Crippen molar-refractivity contribution in [3.63, 3.8) is 0 Å². The minimum atomic E-state index is 0. The molecule has 3 rings (SSSR count). The summed E-state index contributed by atoms with van der Waals surface area (Å²) in [5, 5.41) is 7.52. The first-order valence-electron chi connectivity index (χ1n) is 9.01. The third kappa shape index (κ3) is 5.84. The molecule has 1 unspecified atom stereocenters. The molecule has 7 nitrogen and oxygen atoms in total. The molecule has 2 aromatic rings. The third-order valence-electron chi connectivity index (χ3n) is 4.52. The first-order valence-corrected chi connectivity index (χ1v) is 9.39. The smallest absolute Gasteiger partial charge is 0.191 e. The third-order valence-corrected chi connectivity index (χ3v) is 4.81. The van der Waals surface area contributed by atoms with Crippen LogP contribution in [0.15, 0.2) is 41.7 Å². The van der Waals surface area contributed by atoms with Crippen molar-refractivity contribution in [2.75, 3.05) is 44.0 Å². The van der Waals surface area contributed by atoms with E-state index in [0.29, 0.717) is 17.6 Å². The van der Waals surface area contributed by atoms with Crippen molar-refractivity contribution in [3.8, 4) is 0 Å². The Bertz CT molecular complexity index is 782. The zero-order valence-corrected chi connectivity index (χ0v) is 19.5. The fourth-order valence-electron chi connectivity index (χ4n) is 3.04. The average molecular weight is 516 g/mol. The normalized spacial score (nSPS) is 16.5. The van der Waals surface area contributed by atoms with Crippen LogP contribution in [0.5, 0.6) is 0 Å². The van der Waals surface area contributed by atoms with Crippen LogP contribution in [0.3, 0.4) is 0 Å². The number of hydrogen-bond acceptors (Lipinski definition) is 5. The Kier molecular flexibility index (Phi) is 8.56. The summed E-state index contributed by atoms with van der Waals surface area (Å²) < 4.78 is 0. The van der Waals surface area contributed by atoms with Crippen molar-refractivity contribution in [1.29, 1.82) is 0 Å². The number of pyridine rings is 2. The molecule has 1 fully saturated rings. The van der Waals surface area contributed by atoms with Gasteiger partial charge >= 0.3 is 0 Å². The molecule has 0 radical (unpaired) electrons. The van der Waals surface area contributed by atoms with E-state index in [1.54, 1.807) is 13.2 Å². The van der Waals surface area contributed by atoms with Gasteiger partial charge in [0.25, 0.3) is 0 Å². The van der Waals surface area contributed by atoms with Crippen molar-refractivity contribution in [2.24, 2.45) is 4.99 Å². The average Bonchev–Trinajstić information content (AvgIpc) is 3.14. The van der Waals surface area contributed by atoms with E-state index in [9.17, 15) is 0 Å². The molecule has 0 spiro atoms. The van der Waals surface area contributed by atoms with Gasteiger partial charge in [-0.25, -0.2) is 9.97 Å².